The second kappa shape index (κ2) is 5.36. The number of ether oxygens (including phenoxy) is 1. The van der Waals surface area contributed by atoms with Gasteiger partial charge in [0.05, 0.1) is 5.60 Å². The molecule has 0 aromatic heterocycles. The number of benzene rings is 1. The molecule has 0 atom stereocenters. The summed E-state index contributed by atoms with van der Waals surface area (Å²) >= 11 is 3.27. The number of hydrogen-bond donors (Lipinski definition) is 1. The first-order valence-electron chi connectivity index (χ1n) is 5.89. The molecule has 94 valence electrons. The minimum absolute atomic E-state index is 0.167. The first-order valence-corrected chi connectivity index (χ1v) is 6.69. The summed E-state index contributed by atoms with van der Waals surface area (Å²) in [4.78, 5) is 0. The number of aliphatic hydroxyl groups is 1. The molecule has 17 heavy (non-hydrogen) atoms. The fourth-order valence-electron chi connectivity index (χ4n) is 2.15. The van der Waals surface area contributed by atoms with E-state index in [0.29, 0.717) is 0 Å². The minimum atomic E-state index is -0.785. The van der Waals surface area contributed by atoms with Crippen LogP contribution in [-0.4, -0.2) is 17.3 Å². The summed E-state index contributed by atoms with van der Waals surface area (Å²) in [6.45, 7) is 0.167. The van der Waals surface area contributed by atoms with Gasteiger partial charge >= 0.3 is 0 Å². The highest BCUT2D eigenvalue weighted by Crippen LogP contribution is 2.30. The van der Waals surface area contributed by atoms with Crippen LogP contribution in [0, 0.1) is 5.82 Å². The third kappa shape index (κ3) is 3.42. The molecule has 1 aliphatic rings. The predicted molar refractivity (Wildman–Crippen MR) is 67.6 cm³/mol. The molecule has 0 aliphatic heterocycles. The van der Waals surface area contributed by atoms with Gasteiger partial charge in [0.2, 0.25) is 0 Å². The van der Waals surface area contributed by atoms with Gasteiger partial charge in [0.15, 0.2) is 11.6 Å². The van der Waals surface area contributed by atoms with E-state index in [9.17, 15) is 9.50 Å². The largest absolute Gasteiger partial charge is 0.487 e. The van der Waals surface area contributed by atoms with Gasteiger partial charge in [0, 0.05) is 4.47 Å². The summed E-state index contributed by atoms with van der Waals surface area (Å²) in [5, 5.41) is 10.2. The van der Waals surface area contributed by atoms with Gasteiger partial charge < -0.3 is 9.84 Å². The van der Waals surface area contributed by atoms with Crippen molar-refractivity contribution in [2.45, 2.75) is 37.7 Å². The van der Waals surface area contributed by atoms with Gasteiger partial charge in [0.1, 0.15) is 6.61 Å². The molecule has 1 fully saturated rings. The van der Waals surface area contributed by atoms with E-state index in [2.05, 4.69) is 15.9 Å². The number of hydrogen-bond acceptors (Lipinski definition) is 2. The molecular weight excluding hydrogens is 287 g/mol. The summed E-state index contributed by atoms with van der Waals surface area (Å²) in [6.07, 6.45) is 4.67. The average molecular weight is 303 g/mol. The van der Waals surface area contributed by atoms with Crippen molar-refractivity contribution in [3.05, 3.63) is 28.5 Å². The predicted octanol–water partition coefficient (Wildman–Crippen LogP) is 3.66. The SMILES string of the molecule is OC1(COc2cc(Br)ccc2F)CCCCC1. The zero-order chi connectivity index (χ0) is 12.3. The summed E-state index contributed by atoms with van der Waals surface area (Å²) in [5.74, 6) is -0.203. The van der Waals surface area contributed by atoms with Crippen LogP contribution >= 0.6 is 15.9 Å². The molecular formula is C13H16BrFO2. The van der Waals surface area contributed by atoms with Crippen LogP contribution in [0.5, 0.6) is 5.75 Å². The van der Waals surface area contributed by atoms with E-state index >= 15 is 0 Å². The third-order valence-corrected chi connectivity index (χ3v) is 3.67. The Bertz CT molecular complexity index is 389. The van der Waals surface area contributed by atoms with E-state index < -0.39 is 11.4 Å². The molecule has 2 nitrogen and oxygen atoms in total. The molecule has 0 unspecified atom stereocenters. The van der Waals surface area contributed by atoms with E-state index in [1.165, 1.54) is 6.07 Å². The molecule has 1 aromatic rings. The van der Waals surface area contributed by atoms with Crippen LogP contribution in [0.2, 0.25) is 0 Å². The second-order valence-corrected chi connectivity index (χ2v) is 5.56. The Balaban J connectivity index is 1.99. The Kier molecular flexibility index (Phi) is 4.05. The van der Waals surface area contributed by atoms with Crippen molar-refractivity contribution in [2.75, 3.05) is 6.61 Å². The Morgan fingerprint density at radius 1 is 1.29 bits per heavy atom. The Labute approximate surface area is 109 Å². The normalized spacial score (nSPS) is 19.0. The van der Waals surface area contributed by atoms with Gasteiger partial charge in [-0.25, -0.2) is 4.39 Å². The Morgan fingerprint density at radius 3 is 2.71 bits per heavy atom. The standard InChI is InChI=1S/C13H16BrFO2/c14-10-4-5-11(15)12(8-10)17-9-13(16)6-2-1-3-7-13/h4-5,8,16H,1-3,6-7,9H2. The lowest BCUT2D eigenvalue weighted by molar-refractivity contribution is -0.0347. The van der Waals surface area contributed by atoms with Gasteiger partial charge in [-0.3, -0.25) is 0 Å². The molecule has 0 saturated heterocycles. The van der Waals surface area contributed by atoms with Crippen molar-refractivity contribution in [1.82, 2.24) is 0 Å². The number of rotatable bonds is 3. The Morgan fingerprint density at radius 2 is 2.00 bits per heavy atom. The van der Waals surface area contributed by atoms with E-state index in [1.807, 2.05) is 0 Å². The molecule has 1 aliphatic carbocycles. The van der Waals surface area contributed by atoms with E-state index in [4.69, 9.17) is 4.74 Å². The van der Waals surface area contributed by atoms with Crippen LogP contribution < -0.4 is 4.74 Å². The van der Waals surface area contributed by atoms with Crippen LogP contribution in [0.25, 0.3) is 0 Å². The van der Waals surface area contributed by atoms with E-state index in [0.717, 1.165) is 36.6 Å². The molecule has 0 bridgehead atoms. The molecule has 0 heterocycles. The van der Waals surface area contributed by atoms with Crippen LogP contribution in [0.1, 0.15) is 32.1 Å². The second-order valence-electron chi connectivity index (χ2n) is 4.65. The van der Waals surface area contributed by atoms with Gasteiger partial charge in [-0.2, -0.15) is 0 Å². The van der Waals surface area contributed by atoms with Crippen molar-refractivity contribution in [3.8, 4) is 5.75 Å². The Hall–Kier alpha value is -0.610. The maximum Gasteiger partial charge on any atom is 0.165 e. The summed E-state index contributed by atoms with van der Waals surface area (Å²) in [7, 11) is 0. The lowest BCUT2D eigenvalue weighted by atomic mass is 9.85. The van der Waals surface area contributed by atoms with E-state index in [-0.39, 0.29) is 12.4 Å². The van der Waals surface area contributed by atoms with E-state index in [1.54, 1.807) is 12.1 Å². The van der Waals surface area contributed by atoms with Crippen molar-refractivity contribution in [3.63, 3.8) is 0 Å². The fraction of sp³-hybridized carbons (Fsp3) is 0.538. The zero-order valence-electron chi connectivity index (χ0n) is 9.59. The molecule has 1 saturated carbocycles. The maximum absolute atomic E-state index is 13.4. The monoisotopic (exact) mass is 302 g/mol. The molecule has 1 N–H and O–H groups in total. The third-order valence-electron chi connectivity index (χ3n) is 3.17. The topological polar surface area (TPSA) is 29.5 Å². The van der Waals surface area contributed by atoms with Crippen LogP contribution in [0.4, 0.5) is 4.39 Å². The minimum Gasteiger partial charge on any atom is -0.487 e. The number of halogens is 2. The summed E-state index contributed by atoms with van der Waals surface area (Å²) < 4.78 is 19.6. The first kappa shape index (κ1) is 12.8. The lowest BCUT2D eigenvalue weighted by Gasteiger charge is -2.31. The van der Waals surface area contributed by atoms with Crippen LogP contribution in [-0.2, 0) is 0 Å². The van der Waals surface area contributed by atoms with Gasteiger partial charge in [-0.05, 0) is 31.0 Å². The maximum atomic E-state index is 13.4. The van der Waals surface area contributed by atoms with Crippen molar-refractivity contribution >= 4 is 15.9 Å². The fourth-order valence-corrected chi connectivity index (χ4v) is 2.49. The van der Waals surface area contributed by atoms with Crippen molar-refractivity contribution < 1.29 is 14.2 Å². The lowest BCUT2D eigenvalue weighted by Crippen LogP contribution is -2.38. The quantitative estimate of drug-likeness (QED) is 0.923. The first-order chi connectivity index (χ1) is 8.09. The van der Waals surface area contributed by atoms with Gasteiger partial charge in [-0.1, -0.05) is 35.2 Å². The molecule has 2 rings (SSSR count). The summed E-state index contributed by atoms with van der Waals surface area (Å²) in [6, 6.07) is 4.56. The molecule has 0 amide bonds. The van der Waals surface area contributed by atoms with Crippen molar-refractivity contribution in [2.24, 2.45) is 0 Å². The zero-order valence-corrected chi connectivity index (χ0v) is 11.2. The molecule has 1 aromatic carbocycles. The van der Waals surface area contributed by atoms with Gasteiger partial charge in [0.25, 0.3) is 0 Å². The smallest absolute Gasteiger partial charge is 0.165 e. The highest BCUT2D eigenvalue weighted by atomic mass is 79.9. The van der Waals surface area contributed by atoms with Crippen LogP contribution in [0.15, 0.2) is 22.7 Å². The highest BCUT2D eigenvalue weighted by molar-refractivity contribution is 9.10. The van der Waals surface area contributed by atoms with Crippen LogP contribution in [0.3, 0.4) is 0 Å². The molecule has 0 spiro atoms. The summed E-state index contributed by atoms with van der Waals surface area (Å²) in [5.41, 5.74) is -0.785. The average Bonchev–Trinajstić information content (AvgIpc) is 2.31. The van der Waals surface area contributed by atoms with Crippen molar-refractivity contribution in [1.29, 1.82) is 0 Å². The molecule has 0 radical (unpaired) electrons. The molecule has 4 heteroatoms. The van der Waals surface area contributed by atoms with Gasteiger partial charge in [-0.15, -0.1) is 0 Å². The highest BCUT2D eigenvalue weighted by Gasteiger charge is 2.30.